The summed E-state index contributed by atoms with van der Waals surface area (Å²) in [6.45, 7) is 2.50. The van der Waals surface area contributed by atoms with E-state index in [-0.39, 0.29) is 11.4 Å². The van der Waals surface area contributed by atoms with Gasteiger partial charge in [-0.15, -0.1) is 22.0 Å². The Bertz CT molecular complexity index is 1250. The van der Waals surface area contributed by atoms with E-state index in [1.165, 1.54) is 41.8 Å². The molecule has 2 aliphatic rings. The van der Waals surface area contributed by atoms with Crippen LogP contribution in [-0.2, 0) is 27.1 Å². The number of aromatic nitrogens is 4. The Labute approximate surface area is 213 Å². The molecule has 17 heteroatoms. The smallest absolute Gasteiger partial charge is 0.436 e. The summed E-state index contributed by atoms with van der Waals surface area (Å²) < 4.78 is 40.5. The second kappa shape index (κ2) is 9.63. The van der Waals surface area contributed by atoms with Crippen molar-refractivity contribution in [3.63, 3.8) is 0 Å². The molecule has 4 rings (SSSR count). The molecule has 2 amide bonds. The molecule has 1 saturated heterocycles. The van der Waals surface area contributed by atoms with Crippen molar-refractivity contribution in [1.82, 2.24) is 30.2 Å². The van der Waals surface area contributed by atoms with Crippen molar-refractivity contribution < 1.29 is 32.7 Å². The third kappa shape index (κ3) is 5.01. The highest BCUT2D eigenvalue weighted by Crippen LogP contribution is 2.42. The molecule has 0 aliphatic carbocycles. The molecule has 0 bridgehead atoms. The van der Waals surface area contributed by atoms with E-state index in [1.807, 2.05) is 0 Å². The van der Waals surface area contributed by atoms with Crippen LogP contribution < -0.4 is 5.32 Å². The van der Waals surface area contributed by atoms with E-state index in [0.717, 1.165) is 14.6 Å². The summed E-state index contributed by atoms with van der Waals surface area (Å²) in [7, 11) is 0. The normalized spacial score (nSPS) is 20.1. The van der Waals surface area contributed by atoms with E-state index in [4.69, 9.17) is 11.6 Å². The second-order valence-electron chi connectivity index (χ2n) is 7.49. The van der Waals surface area contributed by atoms with Crippen LogP contribution in [0.2, 0.25) is 5.02 Å². The zero-order chi connectivity index (χ0) is 25.7. The molecule has 0 spiro atoms. The minimum absolute atomic E-state index is 0.0494. The molecule has 35 heavy (non-hydrogen) atoms. The fraction of sp³-hybridized carbons (Fsp3) is 0.444. The number of carbonyl (C=O) groups excluding carboxylic acids is 2. The summed E-state index contributed by atoms with van der Waals surface area (Å²) in [6, 6.07) is -1.02. The Morgan fingerprint density at radius 2 is 2.03 bits per heavy atom. The first-order valence-electron chi connectivity index (χ1n) is 9.80. The molecule has 0 saturated carbocycles. The lowest BCUT2D eigenvalue weighted by Gasteiger charge is -2.49. The molecule has 188 valence electrons. The SMILES string of the molecule is Cc1nnc(SCC2=C(C(=O)O)N3C(=O)[C@@H](NC(=O)Cn4nc(C(F)(F)F)c(Cl)c4C)[C@@H]3SC2)s1. The third-order valence-electron chi connectivity index (χ3n) is 5.14. The average molecular weight is 569 g/mol. The monoisotopic (exact) mass is 568 g/mol. The number of hydrogen-bond donors (Lipinski definition) is 2. The van der Waals surface area contributed by atoms with Gasteiger partial charge in [-0.25, -0.2) is 4.79 Å². The topological polar surface area (TPSA) is 130 Å². The van der Waals surface area contributed by atoms with Gasteiger partial charge in [-0.05, 0) is 19.4 Å². The number of carbonyl (C=O) groups is 3. The minimum Gasteiger partial charge on any atom is -0.477 e. The number of carboxylic acids is 1. The van der Waals surface area contributed by atoms with Crippen molar-refractivity contribution in [3.8, 4) is 0 Å². The highest BCUT2D eigenvalue weighted by Gasteiger charge is 2.54. The van der Waals surface area contributed by atoms with Crippen LogP contribution in [0.1, 0.15) is 16.4 Å². The zero-order valence-corrected chi connectivity index (χ0v) is 21.1. The highest BCUT2D eigenvalue weighted by atomic mass is 35.5. The molecule has 4 heterocycles. The maximum atomic E-state index is 13.0. The van der Waals surface area contributed by atoms with E-state index < -0.39 is 52.6 Å². The van der Waals surface area contributed by atoms with Crippen LogP contribution in [0.25, 0.3) is 0 Å². The van der Waals surface area contributed by atoms with Crippen LogP contribution in [0.3, 0.4) is 0 Å². The standard InChI is InChI=1S/C18H16ClF3N6O4S3/c1-6-10(19)13(18(20,21)22)26-27(6)3-9(29)23-11-14(30)28-12(16(31)32)8(4-33-15(11)28)5-34-17-25-24-7(2)35-17/h11,15H,3-5H2,1-2H3,(H,23,29)(H,31,32)/t11-,15+/m1/s1. The summed E-state index contributed by atoms with van der Waals surface area (Å²) in [6.07, 6.45) is -4.78. The van der Waals surface area contributed by atoms with Crippen LogP contribution in [0.15, 0.2) is 15.6 Å². The van der Waals surface area contributed by atoms with Gasteiger partial charge in [-0.3, -0.25) is 19.2 Å². The number of fused-ring (bicyclic) bond motifs is 1. The molecule has 2 N–H and O–H groups in total. The van der Waals surface area contributed by atoms with Crippen molar-refractivity contribution in [2.24, 2.45) is 0 Å². The minimum atomic E-state index is -4.78. The van der Waals surface area contributed by atoms with E-state index in [0.29, 0.717) is 21.4 Å². The van der Waals surface area contributed by atoms with Crippen molar-refractivity contribution in [2.45, 2.75) is 42.3 Å². The van der Waals surface area contributed by atoms with Crippen LogP contribution in [0.5, 0.6) is 0 Å². The van der Waals surface area contributed by atoms with Gasteiger partial charge >= 0.3 is 12.1 Å². The fourth-order valence-electron chi connectivity index (χ4n) is 3.49. The Morgan fingerprint density at radius 3 is 2.60 bits per heavy atom. The molecule has 0 aromatic carbocycles. The molecule has 2 aromatic rings. The van der Waals surface area contributed by atoms with E-state index >= 15 is 0 Å². The van der Waals surface area contributed by atoms with Crippen molar-refractivity contribution in [2.75, 3.05) is 11.5 Å². The number of hydrogen-bond acceptors (Lipinski definition) is 9. The first-order chi connectivity index (χ1) is 16.4. The third-order valence-corrected chi connectivity index (χ3v) is 8.99. The first-order valence-corrected chi connectivity index (χ1v) is 13.0. The summed E-state index contributed by atoms with van der Waals surface area (Å²) in [5.41, 5.74) is -0.950. The Kier molecular flexibility index (Phi) is 7.09. The molecular formula is C18H16ClF3N6O4S3. The van der Waals surface area contributed by atoms with E-state index in [2.05, 4.69) is 20.6 Å². The number of nitrogens with one attached hydrogen (secondary N) is 1. The zero-order valence-electron chi connectivity index (χ0n) is 17.9. The van der Waals surface area contributed by atoms with Gasteiger partial charge in [0.25, 0.3) is 5.91 Å². The summed E-state index contributed by atoms with van der Waals surface area (Å²) >= 11 is 9.68. The number of nitrogens with zero attached hydrogens (tertiary/aromatic N) is 5. The number of carboxylic acid groups (broad SMARTS) is 1. The van der Waals surface area contributed by atoms with Crippen molar-refractivity contribution in [1.29, 1.82) is 0 Å². The summed E-state index contributed by atoms with van der Waals surface area (Å²) in [5.74, 6) is -2.02. The van der Waals surface area contributed by atoms with Gasteiger partial charge in [-0.1, -0.05) is 34.7 Å². The molecule has 0 radical (unpaired) electrons. The lowest BCUT2D eigenvalue weighted by molar-refractivity contribution is -0.150. The number of aliphatic carboxylic acids is 1. The fourth-order valence-corrected chi connectivity index (χ4v) is 7.04. The Hall–Kier alpha value is -2.30. The van der Waals surface area contributed by atoms with Gasteiger partial charge in [0.1, 0.15) is 28.7 Å². The molecular weight excluding hydrogens is 553 g/mol. The average Bonchev–Trinajstić information content (AvgIpc) is 3.32. The predicted molar refractivity (Wildman–Crippen MR) is 122 cm³/mol. The number of rotatable bonds is 7. The van der Waals surface area contributed by atoms with E-state index in [1.54, 1.807) is 6.92 Å². The van der Waals surface area contributed by atoms with Gasteiger partial charge in [-0.2, -0.15) is 18.3 Å². The van der Waals surface area contributed by atoms with Crippen LogP contribution in [0, 0.1) is 13.8 Å². The van der Waals surface area contributed by atoms with Crippen LogP contribution in [-0.4, -0.2) is 70.7 Å². The van der Waals surface area contributed by atoms with Crippen LogP contribution in [0.4, 0.5) is 13.2 Å². The molecule has 2 aliphatic heterocycles. The molecule has 1 fully saturated rings. The van der Waals surface area contributed by atoms with Crippen molar-refractivity contribution >= 4 is 64.2 Å². The highest BCUT2D eigenvalue weighted by molar-refractivity contribution is 8.01. The molecule has 10 nitrogen and oxygen atoms in total. The maximum absolute atomic E-state index is 13.0. The first kappa shape index (κ1) is 25.8. The number of amides is 2. The van der Waals surface area contributed by atoms with Gasteiger partial charge < -0.3 is 10.4 Å². The molecule has 2 atom stereocenters. The van der Waals surface area contributed by atoms with Gasteiger partial charge in [0.2, 0.25) is 5.91 Å². The summed E-state index contributed by atoms with van der Waals surface area (Å²) in [5, 5.41) is 23.0. The quantitative estimate of drug-likeness (QED) is 0.382. The number of halogens is 4. The van der Waals surface area contributed by atoms with Crippen molar-refractivity contribution in [3.05, 3.63) is 32.7 Å². The number of aryl methyl sites for hydroxylation is 1. The van der Waals surface area contributed by atoms with Crippen LogP contribution >= 0.6 is 46.5 Å². The molecule has 2 aromatic heterocycles. The largest absolute Gasteiger partial charge is 0.477 e. The lowest BCUT2D eigenvalue weighted by Crippen LogP contribution is -2.70. The predicted octanol–water partition coefficient (Wildman–Crippen LogP) is 2.55. The maximum Gasteiger partial charge on any atom is 0.436 e. The molecule has 0 unspecified atom stereocenters. The number of alkyl halides is 3. The van der Waals surface area contributed by atoms with Gasteiger partial charge in [0.05, 0.1) is 10.7 Å². The van der Waals surface area contributed by atoms with E-state index in [9.17, 15) is 32.7 Å². The Morgan fingerprint density at radius 1 is 1.31 bits per heavy atom. The lowest BCUT2D eigenvalue weighted by atomic mass is 10.0. The summed E-state index contributed by atoms with van der Waals surface area (Å²) in [4.78, 5) is 38.3. The number of β-lactam (4-membered cyclic amide) rings is 1. The number of thioether (sulfide) groups is 2. The second-order valence-corrected chi connectivity index (χ2v) is 11.4. The van der Waals surface area contributed by atoms with Gasteiger partial charge in [0.15, 0.2) is 10.0 Å². The Balaban J connectivity index is 1.44. The van der Waals surface area contributed by atoms with Gasteiger partial charge in [0, 0.05) is 11.5 Å².